The standard InChI is InChI=1S/C20H18N2O2S/c1-15-8-10-17(11-9-15)24-16(2)20(23)22(14-18-6-5-13-25-18)19-7-3-4-12-21-19/h3-13H,2,14H2,1H3. The van der Waals surface area contributed by atoms with Gasteiger partial charge in [-0.05, 0) is 42.6 Å². The molecule has 0 atom stereocenters. The zero-order valence-electron chi connectivity index (χ0n) is 13.9. The summed E-state index contributed by atoms with van der Waals surface area (Å²) in [6, 6.07) is 16.9. The number of nitrogens with zero attached hydrogens (tertiary/aromatic N) is 2. The van der Waals surface area contributed by atoms with Gasteiger partial charge in [0, 0.05) is 11.1 Å². The fourth-order valence-electron chi connectivity index (χ4n) is 2.27. The summed E-state index contributed by atoms with van der Waals surface area (Å²) in [7, 11) is 0. The molecule has 0 saturated carbocycles. The Morgan fingerprint density at radius 1 is 1.16 bits per heavy atom. The Hall–Kier alpha value is -2.92. The van der Waals surface area contributed by atoms with Crippen molar-refractivity contribution in [3.63, 3.8) is 0 Å². The normalized spacial score (nSPS) is 10.3. The maximum absolute atomic E-state index is 12.9. The minimum Gasteiger partial charge on any atom is -0.452 e. The van der Waals surface area contributed by atoms with Gasteiger partial charge in [-0.2, -0.15) is 0 Å². The Labute approximate surface area is 151 Å². The van der Waals surface area contributed by atoms with E-state index < -0.39 is 0 Å². The van der Waals surface area contributed by atoms with Crippen LogP contribution in [0.2, 0.25) is 0 Å². The largest absolute Gasteiger partial charge is 0.452 e. The van der Waals surface area contributed by atoms with Crippen LogP contribution in [0.4, 0.5) is 5.82 Å². The van der Waals surface area contributed by atoms with Crippen LogP contribution in [0.1, 0.15) is 10.4 Å². The second-order valence-corrected chi connectivity index (χ2v) is 6.53. The number of amides is 1. The molecule has 0 aliphatic rings. The van der Waals surface area contributed by atoms with E-state index in [1.807, 2.05) is 60.8 Å². The van der Waals surface area contributed by atoms with Crippen molar-refractivity contribution in [2.45, 2.75) is 13.5 Å². The van der Waals surface area contributed by atoms with Crippen LogP contribution in [0, 0.1) is 6.92 Å². The van der Waals surface area contributed by atoms with Gasteiger partial charge >= 0.3 is 0 Å². The van der Waals surface area contributed by atoms with Crippen molar-refractivity contribution in [1.82, 2.24) is 4.98 Å². The van der Waals surface area contributed by atoms with Gasteiger partial charge in [-0.25, -0.2) is 4.98 Å². The van der Waals surface area contributed by atoms with Crippen LogP contribution in [-0.2, 0) is 11.3 Å². The van der Waals surface area contributed by atoms with Crippen molar-refractivity contribution < 1.29 is 9.53 Å². The van der Waals surface area contributed by atoms with Gasteiger partial charge in [-0.1, -0.05) is 36.4 Å². The monoisotopic (exact) mass is 350 g/mol. The molecule has 0 fully saturated rings. The van der Waals surface area contributed by atoms with E-state index in [2.05, 4.69) is 11.6 Å². The van der Waals surface area contributed by atoms with Crippen LogP contribution in [0.25, 0.3) is 0 Å². The molecule has 126 valence electrons. The Kier molecular flexibility index (Phi) is 5.26. The molecule has 2 heterocycles. The van der Waals surface area contributed by atoms with Gasteiger partial charge in [0.2, 0.25) is 0 Å². The number of ether oxygens (including phenoxy) is 1. The number of pyridine rings is 1. The van der Waals surface area contributed by atoms with Crippen LogP contribution < -0.4 is 9.64 Å². The van der Waals surface area contributed by atoms with Crippen molar-refractivity contribution in [2.24, 2.45) is 0 Å². The summed E-state index contributed by atoms with van der Waals surface area (Å²) in [5, 5.41) is 1.98. The second-order valence-electron chi connectivity index (χ2n) is 5.50. The summed E-state index contributed by atoms with van der Waals surface area (Å²) in [5.41, 5.74) is 1.12. The molecule has 5 heteroatoms. The highest BCUT2D eigenvalue weighted by atomic mass is 32.1. The smallest absolute Gasteiger partial charge is 0.294 e. The number of benzene rings is 1. The fourth-order valence-corrected chi connectivity index (χ4v) is 2.96. The molecule has 1 amide bonds. The molecule has 3 rings (SSSR count). The molecule has 0 spiro atoms. The van der Waals surface area contributed by atoms with Gasteiger partial charge in [0.1, 0.15) is 11.6 Å². The molecule has 0 unspecified atom stereocenters. The molecule has 0 aliphatic carbocycles. The molecule has 1 aromatic carbocycles. The average Bonchev–Trinajstić information content (AvgIpc) is 3.15. The lowest BCUT2D eigenvalue weighted by Gasteiger charge is -2.22. The lowest BCUT2D eigenvalue weighted by molar-refractivity contribution is -0.117. The summed E-state index contributed by atoms with van der Waals surface area (Å²) in [6.07, 6.45) is 1.66. The van der Waals surface area contributed by atoms with Gasteiger partial charge in [-0.3, -0.25) is 9.69 Å². The van der Waals surface area contributed by atoms with E-state index in [1.165, 1.54) is 0 Å². The summed E-state index contributed by atoms with van der Waals surface area (Å²) in [4.78, 5) is 19.8. The SMILES string of the molecule is C=C(Oc1ccc(C)cc1)C(=O)N(Cc1cccs1)c1ccccn1. The third-order valence-electron chi connectivity index (χ3n) is 3.57. The van der Waals surface area contributed by atoms with Gasteiger partial charge in [0.05, 0.1) is 6.54 Å². The zero-order chi connectivity index (χ0) is 17.6. The molecule has 3 aromatic rings. The topological polar surface area (TPSA) is 42.4 Å². The van der Waals surface area contributed by atoms with Gasteiger partial charge in [0.15, 0.2) is 5.76 Å². The highest BCUT2D eigenvalue weighted by molar-refractivity contribution is 7.09. The maximum Gasteiger partial charge on any atom is 0.294 e. The maximum atomic E-state index is 12.9. The van der Waals surface area contributed by atoms with Crippen molar-refractivity contribution in [1.29, 1.82) is 0 Å². The predicted octanol–water partition coefficient (Wildman–Crippen LogP) is 4.58. The molecule has 2 aromatic heterocycles. The molecule has 0 N–H and O–H groups in total. The highest BCUT2D eigenvalue weighted by Crippen LogP contribution is 2.21. The lowest BCUT2D eigenvalue weighted by atomic mass is 10.2. The van der Waals surface area contributed by atoms with Crippen LogP contribution in [0.15, 0.2) is 78.5 Å². The third-order valence-corrected chi connectivity index (χ3v) is 4.43. The van der Waals surface area contributed by atoms with Crippen molar-refractivity contribution in [3.05, 3.63) is 89.0 Å². The first kappa shape index (κ1) is 16.9. The first-order valence-electron chi connectivity index (χ1n) is 7.82. The van der Waals surface area contributed by atoms with Crippen LogP contribution in [0.5, 0.6) is 5.75 Å². The predicted molar refractivity (Wildman–Crippen MR) is 101 cm³/mol. The van der Waals surface area contributed by atoms with E-state index in [1.54, 1.807) is 28.5 Å². The van der Waals surface area contributed by atoms with E-state index >= 15 is 0 Å². The quantitative estimate of drug-likeness (QED) is 0.483. The Morgan fingerprint density at radius 3 is 2.60 bits per heavy atom. The fraction of sp³-hybridized carbons (Fsp3) is 0.100. The van der Waals surface area contributed by atoms with Gasteiger partial charge in [-0.15, -0.1) is 11.3 Å². The number of anilines is 1. The average molecular weight is 350 g/mol. The summed E-state index contributed by atoms with van der Waals surface area (Å²) in [6.45, 7) is 6.22. The van der Waals surface area contributed by atoms with E-state index in [0.29, 0.717) is 18.1 Å². The summed E-state index contributed by atoms with van der Waals surface area (Å²) in [5.74, 6) is 0.898. The third kappa shape index (κ3) is 4.33. The van der Waals surface area contributed by atoms with Crippen molar-refractivity contribution >= 4 is 23.1 Å². The summed E-state index contributed by atoms with van der Waals surface area (Å²) >= 11 is 1.59. The Bertz CT molecular complexity index is 843. The molecule has 0 saturated heterocycles. The molecule has 0 radical (unpaired) electrons. The minimum absolute atomic E-state index is 0.0612. The van der Waals surface area contributed by atoms with Crippen molar-refractivity contribution in [3.8, 4) is 5.75 Å². The number of aryl methyl sites for hydroxylation is 1. The minimum atomic E-state index is -0.312. The molecular formula is C20H18N2O2S. The molecule has 4 nitrogen and oxygen atoms in total. The number of rotatable bonds is 6. The van der Waals surface area contributed by atoms with E-state index in [4.69, 9.17) is 4.74 Å². The van der Waals surface area contributed by atoms with E-state index in [9.17, 15) is 4.79 Å². The van der Waals surface area contributed by atoms with Gasteiger partial charge in [0.25, 0.3) is 5.91 Å². The highest BCUT2D eigenvalue weighted by Gasteiger charge is 2.22. The summed E-state index contributed by atoms with van der Waals surface area (Å²) < 4.78 is 5.64. The number of carbonyl (C=O) groups excluding carboxylic acids is 1. The molecule has 0 bridgehead atoms. The Morgan fingerprint density at radius 2 is 1.96 bits per heavy atom. The van der Waals surface area contributed by atoms with Crippen LogP contribution in [-0.4, -0.2) is 10.9 Å². The first-order valence-corrected chi connectivity index (χ1v) is 8.70. The number of aromatic nitrogens is 1. The number of thiophene rings is 1. The van der Waals surface area contributed by atoms with Crippen molar-refractivity contribution in [2.75, 3.05) is 4.90 Å². The molecule has 0 aliphatic heterocycles. The second kappa shape index (κ2) is 7.77. The van der Waals surface area contributed by atoms with E-state index in [-0.39, 0.29) is 11.7 Å². The van der Waals surface area contributed by atoms with E-state index in [0.717, 1.165) is 10.4 Å². The number of carbonyl (C=O) groups is 1. The number of hydrogen-bond acceptors (Lipinski definition) is 4. The van der Waals surface area contributed by atoms with Crippen LogP contribution in [0.3, 0.4) is 0 Å². The zero-order valence-corrected chi connectivity index (χ0v) is 14.7. The van der Waals surface area contributed by atoms with Gasteiger partial charge < -0.3 is 4.74 Å². The molecular weight excluding hydrogens is 332 g/mol. The van der Waals surface area contributed by atoms with Crippen LogP contribution >= 0.6 is 11.3 Å². The lowest BCUT2D eigenvalue weighted by Crippen LogP contribution is -2.33. The first-order chi connectivity index (χ1) is 12.1. The Balaban J connectivity index is 1.80. The molecule has 25 heavy (non-hydrogen) atoms. The number of hydrogen-bond donors (Lipinski definition) is 0.